The van der Waals surface area contributed by atoms with E-state index >= 15 is 0 Å². The summed E-state index contributed by atoms with van der Waals surface area (Å²) in [4.78, 5) is 45.2. The second-order valence-electron chi connectivity index (χ2n) is 5.51. The van der Waals surface area contributed by atoms with Gasteiger partial charge in [0.2, 0.25) is 11.8 Å². The molecule has 0 aromatic rings. The van der Waals surface area contributed by atoms with Crippen LogP contribution in [0.5, 0.6) is 0 Å². The molecule has 1 aliphatic carbocycles. The minimum atomic E-state index is -0.790. The fourth-order valence-electron chi connectivity index (χ4n) is 2.70. The van der Waals surface area contributed by atoms with Gasteiger partial charge in [0.1, 0.15) is 6.04 Å². The Morgan fingerprint density at radius 1 is 1.05 bits per heavy atom. The van der Waals surface area contributed by atoms with Crippen molar-refractivity contribution in [1.82, 2.24) is 16.0 Å². The molecule has 1 saturated heterocycles. The number of hydrogen-bond acceptors (Lipinski definition) is 4. The van der Waals surface area contributed by atoms with Gasteiger partial charge in [-0.05, 0) is 32.1 Å². The van der Waals surface area contributed by atoms with Gasteiger partial charge in [-0.3, -0.25) is 19.7 Å². The van der Waals surface area contributed by atoms with E-state index in [0.29, 0.717) is 32.1 Å². The molecule has 8 nitrogen and oxygen atoms in total. The molecule has 1 atom stereocenters. The molecule has 1 heterocycles. The normalized spacial score (nSPS) is 29.4. The zero-order chi connectivity index (χ0) is 15.4. The molecule has 1 aliphatic heterocycles. The molecule has 1 unspecified atom stereocenters. The van der Waals surface area contributed by atoms with E-state index in [-0.39, 0.29) is 24.3 Å². The Kier molecular flexibility index (Phi) is 4.77. The molecule has 1 saturated carbocycles. The van der Waals surface area contributed by atoms with Gasteiger partial charge in [0.25, 0.3) is 0 Å². The van der Waals surface area contributed by atoms with E-state index in [1.54, 1.807) is 0 Å². The smallest absolute Gasteiger partial charge is 0.315 e. The summed E-state index contributed by atoms with van der Waals surface area (Å²) >= 11 is 0. The first-order valence-electron chi connectivity index (χ1n) is 7.09. The minimum Gasteiger partial charge on any atom is -0.481 e. The van der Waals surface area contributed by atoms with Crippen LogP contribution >= 0.6 is 0 Å². The van der Waals surface area contributed by atoms with E-state index in [4.69, 9.17) is 5.11 Å². The lowest BCUT2D eigenvalue weighted by molar-refractivity contribution is -0.143. The zero-order valence-electron chi connectivity index (χ0n) is 11.6. The van der Waals surface area contributed by atoms with Crippen molar-refractivity contribution in [2.45, 2.75) is 50.6 Å². The highest BCUT2D eigenvalue weighted by atomic mass is 16.4. The van der Waals surface area contributed by atoms with Crippen LogP contribution in [0.15, 0.2) is 0 Å². The molecule has 8 heteroatoms. The van der Waals surface area contributed by atoms with E-state index < -0.39 is 23.9 Å². The maximum absolute atomic E-state index is 11.8. The topological polar surface area (TPSA) is 125 Å². The van der Waals surface area contributed by atoms with Crippen LogP contribution < -0.4 is 16.0 Å². The molecule has 2 aliphatic rings. The van der Waals surface area contributed by atoms with E-state index in [1.165, 1.54) is 0 Å². The Balaban J connectivity index is 1.74. The van der Waals surface area contributed by atoms with Crippen LogP contribution in [0, 0.1) is 5.92 Å². The summed E-state index contributed by atoms with van der Waals surface area (Å²) in [7, 11) is 0. The summed E-state index contributed by atoms with van der Waals surface area (Å²) in [6.45, 7) is 0. The Hall–Kier alpha value is -2.12. The number of amides is 4. The summed E-state index contributed by atoms with van der Waals surface area (Å²) in [5, 5.41) is 16.4. The van der Waals surface area contributed by atoms with Crippen LogP contribution in [0.2, 0.25) is 0 Å². The number of nitrogens with one attached hydrogen (secondary N) is 3. The van der Waals surface area contributed by atoms with Crippen molar-refractivity contribution in [3.63, 3.8) is 0 Å². The maximum atomic E-state index is 11.8. The second kappa shape index (κ2) is 6.55. The predicted molar refractivity (Wildman–Crippen MR) is 71.2 cm³/mol. The minimum absolute atomic E-state index is 0.0751. The number of carbonyl (C=O) groups is 4. The molecule has 21 heavy (non-hydrogen) atoms. The molecule has 0 aromatic carbocycles. The van der Waals surface area contributed by atoms with Crippen LogP contribution in [-0.2, 0) is 14.4 Å². The first-order valence-corrected chi connectivity index (χ1v) is 7.09. The molecule has 116 valence electrons. The van der Waals surface area contributed by atoms with Gasteiger partial charge in [0, 0.05) is 12.5 Å². The number of hydrogen-bond donors (Lipinski definition) is 4. The highest BCUT2D eigenvalue weighted by Gasteiger charge is 2.30. The molecule has 2 rings (SSSR count). The van der Waals surface area contributed by atoms with Crippen molar-refractivity contribution in [1.29, 1.82) is 0 Å². The van der Waals surface area contributed by atoms with Gasteiger partial charge >= 0.3 is 12.0 Å². The van der Waals surface area contributed by atoms with Crippen molar-refractivity contribution in [2.24, 2.45) is 5.92 Å². The van der Waals surface area contributed by atoms with Gasteiger partial charge in [0.15, 0.2) is 0 Å². The van der Waals surface area contributed by atoms with Crippen molar-refractivity contribution in [3.05, 3.63) is 0 Å². The van der Waals surface area contributed by atoms with Crippen LogP contribution in [-0.4, -0.2) is 41.0 Å². The molecular weight excluding hydrogens is 278 g/mol. The number of carbonyl (C=O) groups excluding carboxylic acids is 3. The molecule has 4 amide bonds. The standard InChI is InChI=1S/C13H19N3O5/c17-10-6-5-9(11(18)16-10)15-13(21)14-8-3-1-7(2-4-8)12(19)20/h7-9H,1-6H2,(H,19,20)(H2,14,15,21)(H,16,17,18). The SMILES string of the molecule is O=C1CCC(NC(=O)NC2CCC(C(=O)O)CC2)C(=O)N1. The number of carboxylic acids is 1. The summed E-state index contributed by atoms with van der Waals surface area (Å²) < 4.78 is 0. The largest absolute Gasteiger partial charge is 0.481 e. The zero-order valence-corrected chi connectivity index (χ0v) is 11.6. The van der Waals surface area contributed by atoms with Crippen LogP contribution in [0.3, 0.4) is 0 Å². The van der Waals surface area contributed by atoms with E-state index in [0.717, 1.165) is 0 Å². The summed E-state index contributed by atoms with van der Waals surface area (Å²) in [5.74, 6) is -1.94. The molecule has 2 fully saturated rings. The molecule has 0 aromatic heterocycles. The maximum Gasteiger partial charge on any atom is 0.315 e. The number of carboxylic acid groups (broad SMARTS) is 1. The van der Waals surface area contributed by atoms with Gasteiger partial charge < -0.3 is 15.7 Å². The Labute approximate surface area is 121 Å². The van der Waals surface area contributed by atoms with Crippen molar-refractivity contribution in [2.75, 3.05) is 0 Å². The van der Waals surface area contributed by atoms with Crippen LogP contribution in [0.4, 0.5) is 4.79 Å². The quantitative estimate of drug-likeness (QED) is 0.534. The van der Waals surface area contributed by atoms with Gasteiger partial charge in [-0.15, -0.1) is 0 Å². The van der Waals surface area contributed by atoms with Gasteiger partial charge in [-0.2, -0.15) is 0 Å². The van der Waals surface area contributed by atoms with E-state index in [1.807, 2.05) is 0 Å². The number of rotatable bonds is 3. The average Bonchev–Trinajstić information content (AvgIpc) is 2.42. The molecule has 4 N–H and O–H groups in total. The molecule has 0 radical (unpaired) electrons. The first-order chi connectivity index (χ1) is 9.95. The lowest BCUT2D eigenvalue weighted by Crippen LogP contribution is -2.55. The third-order valence-corrected chi connectivity index (χ3v) is 3.96. The van der Waals surface area contributed by atoms with Gasteiger partial charge in [-0.1, -0.05) is 0 Å². The highest BCUT2D eigenvalue weighted by Crippen LogP contribution is 2.24. The van der Waals surface area contributed by atoms with Crippen molar-refractivity contribution in [3.8, 4) is 0 Å². The Morgan fingerprint density at radius 3 is 2.29 bits per heavy atom. The van der Waals surface area contributed by atoms with Crippen molar-refractivity contribution >= 4 is 23.8 Å². The Morgan fingerprint density at radius 2 is 1.71 bits per heavy atom. The summed E-state index contributed by atoms with van der Waals surface area (Å²) in [6.07, 6.45) is 2.81. The highest BCUT2D eigenvalue weighted by molar-refractivity contribution is 6.01. The third-order valence-electron chi connectivity index (χ3n) is 3.96. The molecule has 0 bridgehead atoms. The lowest BCUT2D eigenvalue weighted by atomic mass is 9.86. The van der Waals surface area contributed by atoms with E-state index in [2.05, 4.69) is 16.0 Å². The summed E-state index contributed by atoms with van der Waals surface area (Å²) in [6, 6.07) is -1.23. The van der Waals surface area contributed by atoms with Gasteiger partial charge in [-0.25, -0.2) is 4.79 Å². The molecule has 0 spiro atoms. The lowest BCUT2D eigenvalue weighted by Gasteiger charge is -2.28. The van der Waals surface area contributed by atoms with Crippen molar-refractivity contribution < 1.29 is 24.3 Å². The number of imide groups is 1. The predicted octanol–water partition coefficient (Wildman–Crippen LogP) is -0.266. The average molecular weight is 297 g/mol. The Bertz CT molecular complexity index is 457. The van der Waals surface area contributed by atoms with Gasteiger partial charge in [0.05, 0.1) is 5.92 Å². The first kappa shape index (κ1) is 15.3. The summed E-state index contributed by atoms with van der Waals surface area (Å²) in [5.41, 5.74) is 0. The fourth-order valence-corrected chi connectivity index (χ4v) is 2.70. The second-order valence-corrected chi connectivity index (χ2v) is 5.51. The number of piperidine rings is 1. The number of aliphatic carboxylic acids is 1. The van der Waals surface area contributed by atoms with Crippen LogP contribution in [0.25, 0.3) is 0 Å². The number of urea groups is 1. The molecular formula is C13H19N3O5. The van der Waals surface area contributed by atoms with Crippen LogP contribution in [0.1, 0.15) is 38.5 Å². The third kappa shape index (κ3) is 4.17. The monoisotopic (exact) mass is 297 g/mol. The fraction of sp³-hybridized carbons (Fsp3) is 0.692. The van der Waals surface area contributed by atoms with E-state index in [9.17, 15) is 19.2 Å².